The molecule has 1 amide bonds. The Kier molecular flexibility index (Phi) is 4.44. The molecule has 0 aliphatic carbocycles. The molecule has 0 bridgehead atoms. The van der Waals surface area contributed by atoms with Crippen LogP contribution < -0.4 is 11.1 Å². The number of nitrogens with zero attached hydrogens (tertiary/aromatic N) is 2. The number of benzene rings is 1. The molecule has 0 unspecified atom stereocenters. The second-order valence-electron chi connectivity index (χ2n) is 4.82. The molecule has 0 spiro atoms. The number of carbonyl (C=O) groups excluding carboxylic acids is 1. The van der Waals surface area contributed by atoms with E-state index in [0.29, 0.717) is 5.69 Å². The van der Waals surface area contributed by atoms with Crippen molar-refractivity contribution in [3.8, 4) is 10.8 Å². The third-order valence-corrected chi connectivity index (χ3v) is 4.45. The molecule has 0 atom stereocenters. The van der Waals surface area contributed by atoms with Crippen LogP contribution in [0.5, 0.6) is 0 Å². The minimum Gasteiger partial charge on any atom is -0.387 e. The Bertz CT molecular complexity index is 899. The number of rotatable bonds is 4. The van der Waals surface area contributed by atoms with Crippen molar-refractivity contribution in [3.63, 3.8) is 0 Å². The number of carbonyl (C=O) groups is 1. The van der Waals surface area contributed by atoms with E-state index in [9.17, 15) is 9.59 Å². The first-order chi connectivity index (χ1) is 11.0. The summed E-state index contributed by atoms with van der Waals surface area (Å²) >= 11 is 4.78. The van der Waals surface area contributed by atoms with Gasteiger partial charge in [0, 0.05) is 10.2 Å². The van der Waals surface area contributed by atoms with Crippen LogP contribution in [-0.4, -0.2) is 15.7 Å². The van der Waals surface area contributed by atoms with Crippen molar-refractivity contribution in [1.82, 2.24) is 9.78 Å². The lowest BCUT2D eigenvalue weighted by Crippen LogP contribution is -2.26. The standard InChI is InChI=1S/C15H12BrN3O3S/c1-9-7-10(16)4-5-11(9)17-13(20)8-19-15(21)22-14(18-19)12-3-2-6-23-12/h2-7H,8H2,1H3,(H,17,20). The van der Waals surface area contributed by atoms with E-state index in [2.05, 4.69) is 26.3 Å². The molecule has 2 aromatic heterocycles. The topological polar surface area (TPSA) is 77.1 Å². The van der Waals surface area contributed by atoms with Gasteiger partial charge < -0.3 is 9.73 Å². The van der Waals surface area contributed by atoms with Crippen molar-refractivity contribution in [2.75, 3.05) is 5.32 Å². The van der Waals surface area contributed by atoms with Crippen LogP contribution in [0.2, 0.25) is 0 Å². The van der Waals surface area contributed by atoms with Gasteiger partial charge in [-0.05, 0) is 42.1 Å². The Hall–Kier alpha value is -2.19. The Morgan fingerprint density at radius 2 is 2.26 bits per heavy atom. The van der Waals surface area contributed by atoms with Crippen molar-refractivity contribution < 1.29 is 9.21 Å². The first-order valence-electron chi connectivity index (χ1n) is 6.71. The monoisotopic (exact) mass is 393 g/mol. The summed E-state index contributed by atoms with van der Waals surface area (Å²) < 4.78 is 7.01. The Balaban J connectivity index is 1.74. The first-order valence-corrected chi connectivity index (χ1v) is 8.38. The molecular formula is C15H12BrN3O3S. The number of amides is 1. The highest BCUT2D eigenvalue weighted by Crippen LogP contribution is 2.21. The number of aromatic nitrogens is 2. The second kappa shape index (κ2) is 6.51. The van der Waals surface area contributed by atoms with Crippen molar-refractivity contribution >= 4 is 38.9 Å². The molecule has 1 aromatic carbocycles. The summed E-state index contributed by atoms with van der Waals surface area (Å²) in [6.45, 7) is 1.68. The van der Waals surface area contributed by atoms with E-state index in [1.165, 1.54) is 11.3 Å². The van der Waals surface area contributed by atoms with Crippen LogP contribution in [0.3, 0.4) is 0 Å². The predicted octanol–water partition coefficient (Wildman–Crippen LogP) is 3.27. The average molecular weight is 394 g/mol. The molecule has 118 valence electrons. The quantitative estimate of drug-likeness (QED) is 0.737. The summed E-state index contributed by atoms with van der Waals surface area (Å²) in [5.74, 6) is -0.780. The van der Waals surface area contributed by atoms with Crippen LogP contribution in [0.25, 0.3) is 10.8 Å². The number of hydrogen-bond acceptors (Lipinski definition) is 5. The molecule has 0 saturated carbocycles. The van der Waals surface area contributed by atoms with Crippen molar-refractivity contribution in [1.29, 1.82) is 0 Å². The maximum absolute atomic E-state index is 12.1. The van der Waals surface area contributed by atoms with Gasteiger partial charge >= 0.3 is 5.76 Å². The molecule has 0 fully saturated rings. The maximum Gasteiger partial charge on any atom is 0.437 e. The Morgan fingerprint density at radius 3 is 2.96 bits per heavy atom. The molecule has 23 heavy (non-hydrogen) atoms. The van der Waals surface area contributed by atoms with E-state index in [-0.39, 0.29) is 18.3 Å². The summed E-state index contributed by atoms with van der Waals surface area (Å²) in [5, 5.41) is 8.67. The number of halogens is 1. The molecule has 0 aliphatic rings. The minimum absolute atomic E-state index is 0.205. The third kappa shape index (κ3) is 3.59. The molecular weight excluding hydrogens is 382 g/mol. The molecule has 6 nitrogen and oxygen atoms in total. The van der Waals surface area contributed by atoms with E-state index in [0.717, 1.165) is 19.6 Å². The van der Waals surface area contributed by atoms with Gasteiger partial charge in [0.05, 0.1) is 4.88 Å². The predicted molar refractivity (Wildman–Crippen MR) is 91.6 cm³/mol. The fourth-order valence-electron chi connectivity index (χ4n) is 2.00. The van der Waals surface area contributed by atoms with E-state index < -0.39 is 5.76 Å². The number of anilines is 1. The van der Waals surface area contributed by atoms with Gasteiger partial charge in [0.1, 0.15) is 6.54 Å². The molecule has 0 aliphatic heterocycles. The molecule has 0 radical (unpaired) electrons. The lowest BCUT2D eigenvalue weighted by atomic mass is 10.2. The smallest absolute Gasteiger partial charge is 0.387 e. The minimum atomic E-state index is -0.656. The fourth-order valence-corrected chi connectivity index (χ4v) is 3.12. The van der Waals surface area contributed by atoms with Crippen molar-refractivity contribution in [2.24, 2.45) is 0 Å². The van der Waals surface area contributed by atoms with E-state index >= 15 is 0 Å². The van der Waals surface area contributed by atoms with Gasteiger partial charge in [-0.15, -0.1) is 16.4 Å². The van der Waals surface area contributed by atoms with Gasteiger partial charge in [-0.1, -0.05) is 22.0 Å². The SMILES string of the molecule is Cc1cc(Br)ccc1NC(=O)Cn1nc(-c2cccs2)oc1=O. The van der Waals surface area contributed by atoms with Crippen LogP contribution in [-0.2, 0) is 11.3 Å². The maximum atomic E-state index is 12.1. The normalized spacial score (nSPS) is 10.7. The Morgan fingerprint density at radius 1 is 1.43 bits per heavy atom. The average Bonchev–Trinajstić information content (AvgIpc) is 3.13. The Labute approximate surface area is 143 Å². The number of nitrogens with one attached hydrogen (secondary N) is 1. The van der Waals surface area contributed by atoms with E-state index in [1.54, 1.807) is 12.1 Å². The van der Waals surface area contributed by atoms with Gasteiger partial charge in [0.25, 0.3) is 5.89 Å². The zero-order valence-electron chi connectivity index (χ0n) is 12.1. The largest absolute Gasteiger partial charge is 0.437 e. The lowest BCUT2D eigenvalue weighted by molar-refractivity contribution is -0.117. The number of hydrogen-bond donors (Lipinski definition) is 1. The zero-order valence-corrected chi connectivity index (χ0v) is 14.5. The van der Waals surface area contributed by atoms with Crippen LogP contribution in [0.4, 0.5) is 5.69 Å². The van der Waals surface area contributed by atoms with Crippen LogP contribution >= 0.6 is 27.3 Å². The van der Waals surface area contributed by atoms with Crippen molar-refractivity contribution in [3.05, 3.63) is 56.3 Å². The molecule has 0 saturated heterocycles. The van der Waals surface area contributed by atoms with Crippen LogP contribution in [0, 0.1) is 6.92 Å². The van der Waals surface area contributed by atoms with Gasteiger partial charge in [-0.3, -0.25) is 4.79 Å². The zero-order chi connectivity index (χ0) is 16.4. The van der Waals surface area contributed by atoms with Gasteiger partial charge in [-0.25, -0.2) is 4.79 Å². The fraction of sp³-hybridized carbons (Fsp3) is 0.133. The van der Waals surface area contributed by atoms with E-state index in [1.807, 2.05) is 30.5 Å². The molecule has 2 heterocycles. The van der Waals surface area contributed by atoms with Crippen LogP contribution in [0.15, 0.2) is 49.4 Å². The number of aryl methyl sites for hydroxylation is 1. The summed E-state index contributed by atoms with van der Waals surface area (Å²) in [4.78, 5) is 24.6. The van der Waals surface area contributed by atoms with Gasteiger partial charge in [-0.2, -0.15) is 4.68 Å². The van der Waals surface area contributed by atoms with Crippen molar-refractivity contribution in [2.45, 2.75) is 13.5 Å². The van der Waals surface area contributed by atoms with Gasteiger partial charge in [0.15, 0.2) is 0 Å². The summed E-state index contributed by atoms with van der Waals surface area (Å²) in [7, 11) is 0. The summed E-state index contributed by atoms with van der Waals surface area (Å²) in [6, 6.07) is 9.15. The highest BCUT2D eigenvalue weighted by atomic mass is 79.9. The first kappa shape index (κ1) is 15.7. The molecule has 8 heteroatoms. The third-order valence-electron chi connectivity index (χ3n) is 3.09. The van der Waals surface area contributed by atoms with Gasteiger partial charge in [0.2, 0.25) is 5.91 Å². The lowest BCUT2D eigenvalue weighted by Gasteiger charge is -2.08. The van der Waals surface area contributed by atoms with E-state index in [4.69, 9.17) is 4.42 Å². The highest BCUT2D eigenvalue weighted by Gasteiger charge is 2.14. The molecule has 1 N–H and O–H groups in total. The molecule has 3 rings (SSSR count). The second-order valence-corrected chi connectivity index (χ2v) is 6.68. The number of thiophene rings is 1. The summed E-state index contributed by atoms with van der Waals surface area (Å²) in [6.07, 6.45) is 0. The van der Waals surface area contributed by atoms with Crippen LogP contribution in [0.1, 0.15) is 5.56 Å². The highest BCUT2D eigenvalue weighted by molar-refractivity contribution is 9.10. The summed E-state index contributed by atoms with van der Waals surface area (Å²) in [5.41, 5.74) is 1.60. The molecule has 3 aromatic rings.